The zero-order chi connectivity index (χ0) is 15.9. The molecule has 0 spiro atoms. The number of anilines is 1. The van der Waals surface area contributed by atoms with Crippen molar-refractivity contribution in [2.45, 2.75) is 52.5 Å². The van der Waals surface area contributed by atoms with Crippen molar-refractivity contribution in [1.82, 2.24) is 4.90 Å². The summed E-state index contributed by atoms with van der Waals surface area (Å²) in [4.78, 5) is 6.87. The van der Waals surface area contributed by atoms with Crippen molar-refractivity contribution in [2.75, 3.05) is 25.0 Å². The van der Waals surface area contributed by atoms with Crippen LogP contribution in [0.3, 0.4) is 0 Å². The highest BCUT2D eigenvalue weighted by Gasteiger charge is 2.13. The van der Waals surface area contributed by atoms with Crippen LogP contribution in [0.4, 0.5) is 5.69 Å². The van der Waals surface area contributed by atoms with E-state index in [0.717, 1.165) is 31.7 Å². The van der Waals surface area contributed by atoms with Crippen LogP contribution < -0.4 is 11.1 Å². The average molecular weight is 430 g/mol. The Morgan fingerprint density at radius 2 is 2.04 bits per heavy atom. The molecule has 130 valence electrons. The highest BCUT2D eigenvalue weighted by molar-refractivity contribution is 14.0. The minimum Gasteiger partial charge on any atom is -0.370 e. The minimum atomic E-state index is 0. The average Bonchev–Trinajstić information content (AvgIpc) is 2.51. The zero-order valence-corrected chi connectivity index (χ0v) is 17.0. The molecule has 1 aromatic rings. The van der Waals surface area contributed by atoms with Crippen molar-refractivity contribution in [3.63, 3.8) is 0 Å². The number of guanidine groups is 1. The molecule has 0 saturated heterocycles. The van der Waals surface area contributed by atoms with Gasteiger partial charge in [0.15, 0.2) is 5.96 Å². The monoisotopic (exact) mass is 430 g/mol. The molecule has 3 N–H and O–H groups in total. The third-order valence-corrected chi connectivity index (χ3v) is 4.46. The maximum atomic E-state index is 6.06. The number of nitrogens with two attached hydrogens (primary N) is 1. The number of halogens is 1. The first-order valence-electron chi connectivity index (χ1n) is 8.53. The Labute approximate surface area is 157 Å². The van der Waals surface area contributed by atoms with Gasteiger partial charge < -0.3 is 11.1 Å². The van der Waals surface area contributed by atoms with Gasteiger partial charge >= 0.3 is 0 Å². The van der Waals surface area contributed by atoms with Crippen LogP contribution in [0.25, 0.3) is 0 Å². The number of aryl methyl sites for hydroxylation is 1. The highest BCUT2D eigenvalue weighted by atomic mass is 127. The van der Waals surface area contributed by atoms with Crippen LogP contribution in [0.2, 0.25) is 0 Å². The molecule has 0 bridgehead atoms. The molecule has 5 heteroatoms. The molecule has 1 aliphatic rings. The third kappa shape index (κ3) is 5.95. The van der Waals surface area contributed by atoms with E-state index in [1.165, 1.54) is 30.4 Å². The van der Waals surface area contributed by atoms with Crippen LogP contribution in [0.5, 0.6) is 0 Å². The largest absolute Gasteiger partial charge is 0.370 e. The summed E-state index contributed by atoms with van der Waals surface area (Å²) in [5.74, 6) is 0.527. The van der Waals surface area contributed by atoms with E-state index in [1.54, 1.807) is 0 Å². The Balaban J connectivity index is 0.00000264. The van der Waals surface area contributed by atoms with Crippen molar-refractivity contribution in [1.29, 1.82) is 0 Å². The molecule has 0 aromatic heterocycles. The molecule has 4 nitrogen and oxygen atoms in total. The zero-order valence-electron chi connectivity index (χ0n) is 14.6. The van der Waals surface area contributed by atoms with E-state index in [0.29, 0.717) is 12.0 Å². The molecular weight excluding hydrogens is 399 g/mol. The van der Waals surface area contributed by atoms with Crippen molar-refractivity contribution in [3.8, 4) is 0 Å². The maximum Gasteiger partial charge on any atom is 0.193 e. The van der Waals surface area contributed by atoms with E-state index in [4.69, 9.17) is 5.73 Å². The molecule has 0 saturated carbocycles. The molecule has 1 aliphatic carbocycles. The Hall–Kier alpha value is -0.820. The molecule has 0 radical (unpaired) electrons. The topological polar surface area (TPSA) is 53.6 Å². The quantitative estimate of drug-likeness (QED) is 0.412. The summed E-state index contributed by atoms with van der Waals surface area (Å²) in [6, 6.07) is 7.00. The second-order valence-electron chi connectivity index (χ2n) is 6.26. The molecule has 0 aliphatic heterocycles. The second kappa shape index (κ2) is 10.1. The van der Waals surface area contributed by atoms with Crippen molar-refractivity contribution in [2.24, 2.45) is 10.7 Å². The van der Waals surface area contributed by atoms with Gasteiger partial charge in [-0.25, -0.2) is 0 Å². The summed E-state index contributed by atoms with van der Waals surface area (Å²) in [7, 11) is 0. The molecule has 0 unspecified atom stereocenters. The first-order chi connectivity index (χ1) is 10.6. The molecule has 0 fully saturated rings. The van der Waals surface area contributed by atoms with E-state index in [9.17, 15) is 0 Å². The van der Waals surface area contributed by atoms with Gasteiger partial charge in [0, 0.05) is 18.3 Å². The lowest BCUT2D eigenvalue weighted by Crippen LogP contribution is -2.33. The Kier molecular flexibility index (Phi) is 8.91. The van der Waals surface area contributed by atoms with E-state index < -0.39 is 0 Å². The number of fused-ring (bicyclic) bond motifs is 1. The number of hydrogen-bond acceptors (Lipinski definition) is 2. The fourth-order valence-electron chi connectivity index (χ4n) is 3.16. The SMILES string of the molecule is CCN(CCN=C(N)Nc1cccc2c1CCCC2)C(C)C.I. The first kappa shape index (κ1) is 20.2. The number of nitrogens with one attached hydrogen (secondary N) is 1. The highest BCUT2D eigenvalue weighted by Crippen LogP contribution is 2.27. The summed E-state index contributed by atoms with van der Waals surface area (Å²) in [5.41, 5.74) is 10.1. The van der Waals surface area contributed by atoms with Crippen molar-refractivity contribution in [3.05, 3.63) is 29.3 Å². The summed E-state index contributed by atoms with van der Waals surface area (Å²) in [6.45, 7) is 9.34. The van der Waals surface area contributed by atoms with Crippen LogP contribution in [-0.4, -0.2) is 36.5 Å². The van der Waals surface area contributed by atoms with Gasteiger partial charge in [-0.1, -0.05) is 19.1 Å². The van der Waals surface area contributed by atoms with Crippen molar-refractivity contribution >= 4 is 35.6 Å². The van der Waals surface area contributed by atoms with Crippen LogP contribution in [-0.2, 0) is 12.8 Å². The predicted molar refractivity (Wildman–Crippen MR) is 111 cm³/mol. The first-order valence-corrected chi connectivity index (χ1v) is 8.53. The molecule has 0 atom stereocenters. The molecule has 0 heterocycles. The lowest BCUT2D eigenvalue weighted by atomic mass is 9.90. The molecule has 2 rings (SSSR count). The fourth-order valence-corrected chi connectivity index (χ4v) is 3.16. The second-order valence-corrected chi connectivity index (χ2v) is 6.26. The lowest BCUT2D eigenvalue weighted by molar-refractivity contribution is 0.241. The van der Waals surface area contributed by atoms with E-state index >= 15 is 0 Å². The van der Waals surface area contributed by atoms with Gasteiger partial charge in [-0.15, -0.1) is 24.0 Å². The predicted octanol–water partition coefficient (Wildman–Crippen LogP) is 3.64. The molecule has 1 aromatic carbocycles. The summed E-state index contributed by atoms with van der Waals surface area (Å²) in [6.07, 6.45) is 4.88. The third-order valence-electron chi connectivity index (χ3n) is 4.46. The van der Waals surface area contributed by atoms with Gasteiger partial charge in [0.05, 0.1) is 6.54 Å². The van der Waals surface area contributed by atoms with E-state index in [1.807, 2.05) is 0 Å². The number of likely N-dealkylation sites (N-methyl/N-ethyl adjacent to an activating group) is 1. The maximum absolute atomic E-state index is 6.06. The molecule has 0 amide bonds. The number of rotatable bonds is 6. The van der Waals surface area contributed by atoms with Crippen LogP contribution in [0.1, 0.15) is 44.7 Å². The van der Waals surface area contributed by atoms with Gasteiger partial charge in [0.1, 0.15) is 0 Å². The van der Waals surface area contributed by atoms with E-state index in [2.05, 4.69) is 54.2 Å². The Morgan fingerprint density at radius 3 is 2.74 bits per heavy atom. The van der Waals surface area contributed by atoms with Crippen LogP contribution in [0, 0.1) is 0 Å². The van der Waals surface area contributed by atoms with Crippen LogP contribution in [0.15, 0.2) is 23.2 Å². The summed E-state index contributed by atoms with van der Waals surface area (Å²) < 4.78 is 0. The fraction of sp³-hybridized carbons (Fsp3) is 0.611. The Morgan fingerprint density at radius 1 is 1.30 bits per heavy atom. The normalized spacial score (nSPS) is 14.6. The minimum absolute atomic E-state index is 0. The number of aliphatic imine (C=N–C) groups is 1. The van der Waals surface area contributed by atoms with Gasteiger partial charge in [-0.05, 0) is 63.3 Å². The smallest absolute Gasteiger partial charge is 0.193 e. The van der Waals surface area contributed by atoms with Crippen molar-refractivity contribution < 1.29 is 0 Å². The molecular formula is C18H31IN4. The van der Waals surface area contributed by atoms with Gasteiger partial charge in [0.25, 0.3) is 0 Å². The van der Waals surface area contributed by atoms with Crippen LogP contribution >= 0.6 is 24.0 Å². The lowest BCUT2D eigenvalue weighted by Gasteiger charge is -2.23. The molecule has 23 heavy (non-hydrogen) atoms. The number of nitrogens with zero attached hydrogens (tertiary/aromatic N) is 2. The number of benzene rings is 1. The summed E-state index contributed by atoms with van der Waals surface area (Å²) in [5, 5.41) is 3.30. The number of hydrogen-bond donors (Lipinski definition) is 2. The van der Waals surface area contributed by atoms with Gasteiger partial charge in [0.2, 0.25) is 0 Å². The van der Waals surface area contributed by atoms with E-state index in [-0.39, 0.29) is 24.0 Å². The standard InChI is InChI=1S/C18H30N4.HI/c1-4-22(14(2)3)13-12-20-18(19)21-17-11-7-9-15-8-5-6-10-16(15)17;/h7,9,11,14H,4-6,8,10,12-13H2,1-3H3,(H3,19,20,21);1H. The Bertz CT molecular complexity index is 514. The van der Waals surface area contributed by atoms with Gasteiger partial charge in [-0.3, -0.25) is 9.89 Å². The van der Waals surface area contributed by atoms with Gasteiger partial charge in [-0.2, -0.15) is 0 Å². The summed E-state index contributed by atoms with van der Waals surface area (Å²) >= 11 is 0.